The van der Waals surface area contributed by atoms with Crippen molar-refractivity contribution in [1.82, 2.24) is 24.6 Å². The fourth-order valence-corrected chi connectivity index (χ4v) is 4.84. The fourth-order valence-electron chi connectivity index (χ4n) is 4.84. The van der Waals surface area contributed by atoms with E-state index in [1.54, 1.807) is 41.0 Å². The van der Waals surface area contributed by atoms with Gasteiger partial charge in [-0.2, -0.15) is 5.10 Å². The Bertz CT molecular complexity index is 1370. The topological polar surface area (TPSA) is 138 Å². The number of morpholine rings is 1. The summed E-state index contributed by atoms with van der Waals surface area (Å²) in [7, 11) is 1.78. The lowest BCUT2D eigenvalue weighted by Crippen LogP contribution is -2.48. The average molecular weight is 535 g/mol. The summed E-state index contributed by atoms with van der Waals surface area (Å²) in [6.45, 7) is 7.84. The van der Waals surface area contributed by atoms with E-state index in [4.69, 9.17) is 14.7 Å². The van der Waals surface area contributed by atoms with Gasteiger partial charge < -0.3 is 25.0 Å². The molecule has 12 nitrogen and oxygen atoms in total. The Balaban J connectivity index is 1.42. The smallest absolute Gasteiger partial charge is 0.324 e. The number of aromatic nitrogens is 4. The number of carbonyl (C=O) groups is 2. The van der Waals surface area contributed by atoms with Gasteiger partial charge in [0.1, 0.15) is 11.4 Å². The first-order valence-corrected chi connectivity index (χ1v) is 13.0. The van der Waals surface area contributed by atoms with E-state index in [1.165, 1.54) is 13.8 Å². The third-order valence-corrected chi connectivity index (χ3v) is 6.85. The molecule has 2 aliphatic rings. The van der Waals surface area contributed by atoms with Gasteiger partial charge in [0.05, 0.1) is 31.5 Å². The van der Waals surface area contributed by atoms with Crippen molar-refractivity contribution in [2.45, 2.75) is 45.4 Å². The molecule has 0 spiro atoms. The minimum atomic E-state index is -1.46. The predicted molar refractivity (Wildman–Crippen MR) is 146 cm³/mol. The largest absolute Gasteiger partial charge is 0.381 e. The maximum absolute atomic E-state index is 12.8. The van der Waals surface area contributed by atoms with Gasteiger partial charge in [-0.15, -0.1) is 0 Å². The van der Waals surface area contributed by atoms with Gasteiger partial charge >= 0.3 is 6.03 Å². The molecule has 0 saturated carbocycles. The maximum Gasteiger partial charge on any atom is 0.324 e. The van der Waals surface area contributed by atoms with Gasteiger partial charge in [0.25, 0.3) is 5.91 Å². The fraction of sp³-hybridized carbons (Fsp3) is 0.444. The van der Waals surface area contributed by atoms with Gasteiger partial charge in [-0.1, -0.05) is 0 Å². The molecule has 0 radical (unpaired) electrons. The highest BCUT2D eigenvalue weighted by molar-refractivity contribution is 5.99. The third-order valence-electron chi connectivity index (χ3n) is 6.85. The number of rotatable bonds is 5. The van der Waals surface area contributed by atoms with Gasteiger partial charge in [-0.05, 0) is 51.5 Å². The number of aliphatic hydroxyl groups is 1. The maximum atomic E-state index is 12.8. The lowest BCUT2D eigenvalue weighted by atomic mass is 10.0. The van der Waals surface area contributed by atoms with Crippen LogP contribution < -0.4 is 15.5 Å². The first-order valence-electron chi connectivity index (χ1n) is 13.0. The number of urea groups is 1. The van der Waals surface area contributed by atoms with E-state index in [9.17, 15) is 14.7 Å². The molecule has 3 amide bonds. The molecule has 39 heavy (non-hydrogen) atoms. The summed E-state index contributed by atoms with van der Waals surface area (Å²) in [5.74, 6) is 1.52. The lowest BCUT2D eigenvalue weighted by molar-refractivity contribution is -0.148. The Kier molecular flexibility index (Phi) is 7.23. The highest BCUT2D eigenvalue weighted by Crippen LogP contribution is 2.32. The number of fused-ring (bicyclic) bond motifs is 1. The van der Waals surface area contributed by atoms with Gasteiger partial charge in [-0.3, -0.25) is 14.8 Å². The average Bonchev–Trinajstić information content (AvgIpc) is 3.31. The Hall–Kier alpha value is -4.03. The zero-order valence-corrected chi connectivity index (χ0v) is 22.6. The van der Waals surface area contributed by atoms with E-state index in [0.29, 0.717) is 56.6 Å². The standard InChI is InChI=1S/C27H34N8O4/c1-17-16-39-14-13-35(17)24-20-9-12-34(25(36)27(2,3)38)15-21(20)29-23(31-24)18-5-7-19(8-6-18)28-26(37)30-22-10-11-33(4)32-22/h5-8,10-11,17,38H,9,12-16H2,1-4H3,(H2,28,30,32,37). The molecule has 1 fully saturated rings. The summed E-state index contributed by atoms with van der Waals surface area (Å²) >= 11 is 0. The van der Waals surface area contributed by atoms with Crippen molar-refractivity contribution in [3.05, 3.63) is 47.8 Å². The third kappa shape index (κ3) is 5.86. The van der Waals surface area contributed by atoms with E-state index >= 15 is 0 Å². The molecular formula is C27H34N8O4. The molecule has 1 unspecified atom stereocenters. The molecule has 1 aromatic carbocycles. The molecule has 3 aromatic rings. The van der Waals surface area contributed by atoms with Crippen LogP contribution in [-0.4, -0.2) is 79.6 Å². The molecule has 206 valence electrons. The van der Waals surface area contributed by atoms with Crippen LogP contribution in [-0.2, 0) is 29.5 Å². The first-order chi connectivity index (χ1) is 18.6. The van der Waals surface area contributed by atoms with Crippen LogP contribution in [0.25, 0.3) is 11.4 Å². The Morgan fingerprint density at radius 1 is 1.10 bits per heavy atom. The molecule has 4 heterocycles. The second kappa shape index (κ2) is 10.6. The SMILES string of the molecule is CC1COCCN1c1nc(-c2ccc(NC(=O)Nc3ccn(C)n3)cc2)nc2c1CCN(C(=O)C(C)(C)O)C2. The highest BCUT2D eigenvalue weighted by Gasteiger charge is 2.34. The second-order valence-electron chi connectivity index (χ2n) is 10.5. The number of nitrogens with one attached hydrogen (secondary N) is 2. The number of anilines is 3. The van der Waals surface area contributed by atoms with Crippen molar-refractivity contribution in [3.8, 4) is 11.4 Å². The number of hydrogen-bond acceptors (Lipinski definition) is 8. The predicted octanol–water partition coefficient (Wildman–Crippen LogP) is 2.40. The minimum absolute atomic E-state index is 0.144. The summed E-state index contributed by atoms with van der Waals surface area (Å²) in [4.78, 5) is 38.9. The molecule has 1 saturated heterocycles. The quantitative estimate of drug-likeness (QED) is 0.454. The van der Waals surface area contributed by atoms with E-state index < -0.39 is 11.6 Å². The molecule has 2 aliphatic heterocycles. The summed E-state index contributed by atoms with van der Waals surface area (Å²) < 4.78 is 7.26. The van der Waals surface area contributed by atoms with Crippen LogP contribution in [0.2, 0.25) is 0 Å². The van der Waals surface area contributed by atoms with E-state index in [2.05, 4.69) is 27.6 Å². The summed E-state index contributed by atoms with van der Waals surface area (Å²) in [6, 6.07) is 8.74. The van der Waals surface area contributed by atoms with Crippen molar-refractivity contribution >= 4 is 29.3 Å². The van der Waals surface area contributed by atoms with Crippen molar-refractivity contribution in [2.75, 3.05) is 41.8 Å². The number of carbonyl (C=O) groups excluding carboxylic acids is 2. The monoisotopic (exact) mass is 534 g/mol. The summed E-state index contributed by atoms with van der Waals surface area (Å²) in [5.41, 5.74) is 1.72. The Morgan fingerprint density at radius 3 is 2.54 bits per heavy atom. The zero-order valence-electron chi connectivity index (χ0n) is 22.6. The van der Waals surface area contributed by atoms with Crippen LogP contribution in [0.1, 0.15) is 32.0 Å². The molecule has 0 aliphatic carbocycles. The minimum Gasteiger partial charge on any atom is -0.381 e. The number of aryl methyl sites for hydroxylation is 1. The first kappa shape index (κ1) is 26.6. The van der Waals surface area contributed by atoms with E-state index in [1.807, 2.05) is 12.1 Å². The van der Waals surface area contributed by atoms with Gasteiger partial charge in [0.2, 0.25) is 0 Å². The zero-order chi connectivity index (χ0) is 27.7. The number of amides is 3. The summed E-state index contributed by atoms with van der Waals surface area (Å²) in [5, 5.41) is 19.9. The Morgan fingerprint density at radius 2 is 1.87 bits per heavy atom. The number of benzene rings is 1. The Labute approximate surface area is 227 Å². The van der Waals surface area contributed by atoms with Crippen molar-refractivity contribution < 1.29 is 19.4 Å². The van der Waals surface area contributed by atoms with Crippen molar-refractivity contribution in [2.24, 2.45) is 7.05 Å². The number of ether oxygens (including phenoxy) is 1. The molecule has 3 N–H and O–H groups in total. The van der Waals surface area contributed by atoms with Crippen molar-refractivity contribution in [3.63, 3.8) is 0 Å². The normalized spacial score (nSPS) is 17.5. The van der Waals surface area contributed by atoms with Crippen LogP contribution in [0.4, 0.5) is 22.1 Å². The van der Waals surface area contributed by atoms with Crippen LogP contribution in [0, 0.1) is 0 Å². The lowest BCUT2D eigenvalue weighted by Gasteiger charge is -2.38. The highest BCUT2D eigenvalue weighted by atomic mass is 16.5. The van der Waals surface area contributed by atoms with Crippen LogP contribution >= 0.6 is 0 Å². The molecule has 0 bridgehead atoms. The van der Waals surface area contributed by atoms with E-state index in [0.717, 1.165) is 22.6 Å². The summed E-state index contributed by atoms with van der Waals surface area (Å²) in [6.07, 6.45) is 2.35. The molecule has 12 heteroatoms. The molecule has 5 rings (SSSR count). The molecule has 2 aromatic heterocycles. The van der Waals surface area contributed by atoms with E-state index in [-0.39, 0.29) is 11.9 Å². The molecular weight excluding hydrogens is 500 g/mol. The van der Waals surface area contributed by atoms with Gasteiger partial charge in [-0.25, -0.2) is 14.8 Å². The van der Waals surface area contributed by atoms with Crippen LogP contribution in [0.5, 0.6) is 0 Å². The van der Waals surface area contributed by atoms with Crippen LogP contribution in [0.3, 0.4) is 0 Å². The molecule has 1 atom stereocenters. The number of hydrogen-bond donors (Lipinski definition) is 3. The number of nitrogens with zero attached hydrogens (tertiary/aromatic N) is 6. The van der Waals surface area contributed by atoms with Crippen LogP contribution in [0.15, 0.2) is 36.5 Å². The van der Waals surface area contributed by atoms with Crippen molar-refractivity contribution in [1.29, 1.82) is 0 Å². The second-order valence-corrected chi connectivity index (χ2v) is 10.5. The van der Waals surface area contributed by atoms with Gasteiger partial charge in [0, 0.05) is 49.2 Å². The van der Waals surface area contributed by atoms with Gasteiger partial charge in [0.15, 0.2) is 11.6 Å².